The van der Waals surface area contributed by atoms with E-state index in [0.29, 0.717) is 12.2 Å². The topological polar surface area (TPSA) is 45.7 Å². The molecule has 1 amide bonds. The van der Waals surface area contributed by atoms with Crippen molar-refractivity contribution in [3.63, 3.8) is 0 Å². The van der Waals surface area contributed by atoms with Crippen molar-refractivity contribution in [3.8, 4) is 0 Å². The van der Waals surface area contributed by atoms with Crippen molar-refractivity contribution < 1.29 is 9.53 Å². The van der Waals surface area contributed by atoms with Crippen molar-refractivity contribution in [1.29, 1.82) is 0 Å². The molecule has 2 heterocycles. The van der Waals surface area contributed by atoms with Gasteiger partial charge in [-0.05, 0) is 24.1 Å². The fourth-order valence-corrected chi connectivity index (χ4v) is 3.80. The highest BCUT2D eigenvalue weighted by molar-refractivity contribution is 6.06. The first-order chi connectivity index (χ1) is 14.1. The van der Waals surface area contributed by atoms with Gasteiger partial charge in [0.25, 0.3) is 5.91 Å². The van der Waals surface area contributed by atoms with Crippen LogP contribution in [0.15, 0.2) is 60.7 Å². The number of pyridine rings is 1. The third-order valence-electron chi connectivity index (χ3n) is 5.41. The molecule has 29 heavy (non-hydrogen) atoms. The highest BCUT2D eigenvalue weighted by atomic mass is 16.5. The van der Waals surface area contributed by atoms with Crippen molar-refractivity contribution in [1.82, 2.24) is 14.8 Å². The first-order valence-corrected chi connectivity index (χ1v) is 10.1. The molecule has 1 fully saturated rings. The second-order valence-corrected chi connectivity index (χ2v) is 7.71. The number of rotatable bonds is 5. The Labute approximate surface area is 171 Å². The van der Waals surface area contributed by atoms with Gasteiger partial charge >= 0.3 is 0 Å². The smallest absolute Gasteiger partial charge is 0.254 e. The molecular weight excluding hydrogens is 362 g/mol. The summed E-state index contributed by atoms with van der Waals surface area (Å²) in [7, 11) is 3.55. The van der Waals surface area contributed by atoms with Gasteiger partial charge < -0.3 is 9.64 Å². The molecule has 150 valence electrons. The van der Waals surface area contributed by atoms with Gasteiger partial charge in [0.1, 0.15) is 6.10 Å². The Hall–Kier alpha value is -2.76. The molecule has 1 aliphatic heterocycles. The number of fused-ring (bicyclic) bond motifs is 1. The lowest BCUT2D eigenvalue weighted by Gasteiger charge is -2.33. The van der Waals surface area contributed by atoms with Gasteiger partial charge in [-0.2, -0.15) is 0 Å². The zero-order valence-corrected chi connectivity index (χ0v) is 17.0. The summed E-state index contributed by atoms with van der Waals surface area (Å²) in [6, 6.07) is 20.3. The lowest BCUT2D eigenvalue weighted by Crippen LogP contribution is -2.39. The molecule has 5 heteroatoms. The molecule has 1 aliphatic rings. The van der Waals surface area contributed by atoms with Crippen molar-refractivity contribution in [2.24, 2.45) is 0 Å². The normalized spacial score (nSPS) is 17.4. The quantitative estimate of drug-likeness (QED) is 0.669. The lowest BCUT2D eigenvalue weighted by molar-refractivity contribution is -0.0315. The number of para-hydroxylation sites is 1. The summed E-state index contributed by atoms with van der Waals surface area (Å²) in [5.41, 5.74) is 3.69. The van der Waals surface area contributed by atoms with E-state index in [1.165, 1.54) is 5.56 Å². The van der Waals surface area contributed by atoms with E-state index < -0.39 is 0 Å². The van der Waals surface area contributed by atoms with E-state index >= 15 is 0 Å². The average Bonchev–Trinajstić information content (AvgIpc) is 2.77. The number of hydrogen-bond acceptors (Lipinski definition) is 4. The van der Waals surface area contributed by atoms with Crippen LogP contribution in [0.3, 0.4) is 0 Å². The predicted molar refractivity (Wildman–Crippen MR) is 115 cm³/mol. The minimum atomic E-state index is -0.127. The first-order valence-electron chi connectivity index (χ1n) is 10.1. The van der Waals surface area contributed by atoms with Gasteiger partial charge in [0, 0.05) is 39.1 Å². The highest BCUT2D eigenvalue weighted by Gasteiger charge is 2.25. The predicted octanol–water partition coefficient (Wildman–Crippen LogP) is 3.55. The van der Waals surface area contributed by atoms with Gasteiger partial charge in [-0.3, -0.25) is 9.69 Å². The van der Waals surface area contributed by atoms with Crippen LogP contribution < -0.4 is 0 Å². The molecule has 0 bridgehead atoms. The largest absolute Gasteiger partial charge is 0.369 e. The van der Waals surface area contributed by atoms with Crippen LogP contribution in [0.5, 0.6) is 0 Å². The molecule has 0 spiro atoms. The van der Waals surface area contributed by atoms with E-state index in [0.717, 1.165) is 42.7 Å². The second-order valence-electron chi connectivity index (χ2n) is 7.71. The van der Waals surface area contributed by atoms with Crippen LogP contribution in [0.25, 0.3) is 10.9 Å². The first kappa shape index (κ1) is 19.6. The summed E-state index contributed by atoms with van der Waals surface area (Å²) in [6.07, 6.45) is 0.890. The zero-order chi connectivity index (χ0) is 20.2. The lowest BCUT2D eigenvalue weighted by atomic mass is 10.0. The summed E-state index contributed by atoms with van der Waals surface area (Å²) in [5, 5.41) is 0.881. The van der Waals surface area contributed by atoms with Gasteiger partial charge in [0.15, 0.2) is 0 Å². The number of carbonyl (C=O) groups excluding carboxylic acids is 1. The van der Waals surface area contributed by atoms with E-state index in [1.807, 2.05) is 36.4 Å². The maximum atomic E-state index is 12.8. The van der Waals surface area contributed by atoms with E-state index in [-0.39, 0.29) is 12.0 Å². The van der Waals surface area contributed by atoms with Crippen molar-refractivity contribution in [2.75, 3.05) is 40.3 Å². The van der Waals surface area contributed by atoms with Crippen LogP contribution >= 0.6 is 0 Å². The number of ether oxygens (including phenoxy) is 1. The van der Waals surface area contributed by atoms with E-state index in [4.69, 9.17) is 9.72 Å². The number of carbonyl (C=O) groups is 1. The third-order valence-corrected chi connectivity index (χ3v) is 5.41. The molecule has 0 radical (unpaired) electrons. The summed E-state index contributed by atoms with van der Waals surface area (Å²) in [5.74, 6) is -0.0124. The Balaban J connectivity index is 1.56. The number of morpholine rings is 1. The number of hydrogen-bond donors (Lipinski definition) is 0. The van der Waals surface area contributed by atoms with E-state index in [9.17, 15) is 4.79 Å². The van der Waals surface area contributed by atoms with Crippen LogP contribution in [0.2, 0.25) is 0 Å². The summed E-state index contributed by atoms with van der Waals surface area (Å²) >= 11 is 0. The van der Waals surface area contributed by atoms with Crippen LogP contribution in [0.1, 0.15) is 27.7 Å². The van der Waals surface area contributed by atoms with Gasteiger partial charge in [-0.15, -0.1) is 0 Å². The fraction of sp³-hybridized carbons (Fsp3) is 0.333. The number of aromatic nitrogens is 1. The molecular formula is C24H27N3O2. The zero-order valence-electron chi connectivity index (χ0n) is 17.0. The molecule has 1 aromatic heterocycles. The fourth-order valence-electron chi connectivity index (χ4n) is 3.80. The molecule has 4 rings (SSSR count). The molecule has 5 nitrogen and oxygen atoms in total. The molecule has 0 saturated carbocycles. The van der Waals surface area contributed by atoms with Crippen molar-refractivity contribution >= 4 is 16.8 Å². The Morgan fingerprint density at radius 3 is 2.69 bits per heavy atom. The number of benzene rings is 2. The minimum absolute atomic E-state index is 0.0124. The monoisotopic (exact) mass is 389 g/mol. The van der Waals surface area contributed by atoms with Crippen LogP contribution in [-0.2, 0) is 11.2 Å². The molecule has 0 aliphatic carbocycles. The Bertz CT molecular complexity index is 988. The number of nitrogens with zero attached hydrogens (tertiary/aromatic N) is 3. The Kier molecular flexibility index (Phi) is 5.88. The van der Waals surface area contributed by atoms with Crippen LogP contribution in [-0.4, -0.2) is 61.0 Å². The standard InChI is InChI=1S/C24H27N3O2/c1-26(2)24(28)20-16-22(25-21-11-7-6-10-19(20)21)23-17-27(14-15-29-23)13-12-18-8-4-3-5-9-18/h3-11,16,23H,12-15,17H2,1-2H3/t23-/m1/s1. The third kappa shape index (κ3) is 4.47. The molecule has 0 N–H and O–H groups in total. The van der Waals surface area contributed by atoms with Crippen LogP contribution in [0, 0.1) is 0 Å². The summed E-state index contributed by atoms with van der Waals surface area (Å²) in [6.45, 7) is 3.36. The van der Waals surface area contributed by atoms with E-state index in [2.05, 4.69) is 29.2 Å². The van der Waals surface area contributed by atoms with Crippen LogP contribution in [0.4, 0.5) is 0 Å². The molecule has 1 saturated heterocycles. The SMILES string of the molecule is CN(C)C(=O)c1cc([C@H]2CN(CCc3ccccc3)CCO2)nc2ccccc12. The Morgan fingerprint density at radius 1 is 1.14 bits per heavy atom. The molecule has 1 atom stereocenters. The van der Waals surface area contributed by atoms with E-state index in [1.54, 1.807) is 19.0 Å². The Morgan fingerprint density at radius 2 is 1.90 bits per heavy atom. The maximum absolute atomic E-state index is 12.8. The minimum Gasteiger partial charge on any atom is -0.369 e. The second kappa shape index (κ2) is 8.72. The molecule has 0 unspecified atom stereocenters. The molecule has 2 aromatic carbocycles. The average molecular weight is 389 g/mol. The van der Waals surface area contributed by atoms with Gasteiger partial charge in [-0.25, -0.2) is 4.98 Å². The number of amides is 1. The molecule has 3 aromatic rings. The van der Waals surface area contributed by atoms with Gasteiger partial charge in [0.05, 0.1) is 23.4 Å². The highest BCUT2D eigenvalue weighted by Crippen LogP contribution is 2.26. The van der Waals surface area contributed by atoms with Crippen molar-refractivity contribution in [2.45, 2.75) is 12.5 Å². The summed E-state index contributed by atoms with van der Waals surface area (Å²) < 4.78 is 6.06. The van der Waals surface area contributed by atoms with Gasteiger partial charge in [-0.1, -0.05) is 48.5 Å². The van der Waals surface area contributed by atoms with Crippen molar-refractivity contribution in [3.05, 3.63) is 77.5 Å². The summed E-state index contributed by atoms with van der Waals surface area (Å²) in [4.78, 5) is 21.6. The van der Waals surface area contributed by atoms with Gasteiger partial charge in [0.2, 0.25) is 0 Å². The maximum Gasteiger partial charge on any atom is 0.254 e.